The lowest BCUT2D eigenvalue weighted by Crippen LogP contribution is -2.24. The van der Waals surface area contributed by atoms with Crippen LogP contribution in [0.3, 0.4) is 0 Å². The maximum Gasteiger partial charge on any atom is 0.136 e. The standard InChI is InChI=1S/C28H26N6/c1-2-3-15-29-18-26-27(32-19-31-26)22-12-9-20(10-13-22)7-8-21-11-14-23-25(17-21)34-28(33-23)24-6-4-5-16-30-24/h2,9-14,17,19,24,29-30H,1,3,5,15-16,18H2,(H,31,32)(H,33,34)/t24-/m0/s1. The van der Waals surface area contributed by atoms with E-state index in [-0.39, 0.29) is 6.04 Å². The maximum atomic E-state index is 4.68. The maximum absolute atomic E-state index is 4.68. The third kappa shape index (κ3) is 4.94. The Labute approximate surface area is 199 Å². The second-order valence-electron chi connectivity index (χ2n) is 8.12. The lowest BCUT2D eigenvalue weighted by molar-refractivity contribution is 0.607. The van der Waals surface area contributed by atoms with Crippen LogP contribution < -0.4 is 10.6 Å². The summed E-state index contributed by atoms with van der Waals surface area (Å²) in [6.45, 7) is 6.28. The molecular weight excluding hydrogens is 420 g/mol. The summed E-state index contributed by atoms with van der Waals surface area (Å²) in [5, 5.41) is 6.78. The molecule has 0 fully saturated rings. The van der Waals surface area contributed by atoms with Crippen molar-refractivity contribution in [1.82, 2.24) is 30.6 Å². The van der Waals surface area contributed by atoms with Crippen molar-refractivity contribution in [3.63, 3.8) is 0 Å². The highest BCUT2D eigenvalue weighted by molar-refractivity contribution is 5.77. The molecule has 4 N–H and O–H groups in total. The van der Waals surface area contributed by atoms with Crippen LogP contribution in [0.4, 0.5) is 0 Å². The number of hydrogen-bond donors (Lipinski definition) is 4. The van der Waals surface area contributed by atoms with Gasteiger partial charge in [-0.25, -0.2) is 9.97 Å². The highest BCUT2D eigenvalue weighted by atomic mass is 15.0. The van der Waals surface area contributed by atoms with Crippen molar-refractivity contribution in [2.24, 2.45) is 0 Å². The van der Waals surface area contributed by atoms with Gasteiger partial charge in [0.15, 0.2) is 0 Å². The highest BCUT2D eigenvalue weighted by Crippen LogP contribution is 2.21. The van der Waals surface area contributed by atoms with Crippen LogP contribution in [0.5, 0.6) is 0 Å². The van der Waals surface area contributed by atoms with Gasteiger partial charge in [0.05, 0.1) is 28.7 Å². The molecule has 1 aliphatic rings. The number of benzene rings is 2. The van der Waals surface area contributed by atoms with Crippen LogP contribution in [0.1, 0.15) is 41.5 Å². The molecule has 1 aliphatic heterocycles. The Balaban J connectivity index is 1.29. The van der Waals surface area contributed by atoms with Crippen molar-refractivity contribution in [2.45, 2.75) is 25.4 Å². The summed E-state index contributed by atoms with van der Waals surface area (Å²) < 4.78 is 0. The van der Waals surface area contributed by atoms with E-state index < -0.39 is 0 Å². The fourth-order valence-corrected chi connectivity index (χ4v) is 3.89. The van der Waals surface area contributed by atoms with E-state index in [9.17, 15) is 0 Å². The van der Waals surface area contributed by atoms with E-state index in [0.717, 1.165) is 77.4 Å². The third-order valence-electron chi connectivity index (χ3n) is 5.67. The number of nitrogens with zero attached hydrogens (tertiary/aromatic N) is 2. The molecule has 6 nitrogen and oxygen atoms in total. The molecule has 0 bridgehead atoms. The molecule has 0 unspecified atom stereocenters. The Bertz CT molecular complexity index is 1420. The number of aromatic nitrogens is 4. The van der Waals surface area contributed by atoms with E-state index in [4.69, 9.17) is 0 Å². The van der Waals surface area contributed by atoms with E-state index in [1.165, 1.54) is 0 Å². The Morgan fingerprint density at radius 3 is 2.82 bits per heavy atom. The van der Waals surface area contributed by atoms with Crippen molar-refractivity contribution in [3.05, 3.63) is 84.1 Å². The molecule has 6 heteroatoms. The first-order chi connectivity index (χ1) is 16.8. The summed E-state index contributed by atoms with van der Waals surface area (Å²) in [4.78, 5) is 15.8. The largest absolute Gasteiger partial charge is 0.347 e. The molecule has 4 aromatic rings. The van der Waals surface area contributed by atoms with E-state index >= 15 is 0 Å². The summed E-state index contributed by atoms with van der Waals surface area (Å²) in [5.41, 5.74) is 6.89. The van der Waals surface area contributed by atoms with E-state index in [2.05, 4.69) is 73.0 Å². The molecular formula is C28H26N6. The fourth-order valence-electron chi connectivity index (χ4n) is 3.89. The lowest BCUT2D eigenvalue weighted by atomic mass is 10.1. The molecule has 0 radical (unpaired) electrons. The van der Waals surface area contributed by atoms with Gasteiger partial charge in [0, 0.05) is 36.2 Å². The minimum absolute atomic E-state index is 0.0350. The van der Waals surface area contributed by atoms with Crippen LogP contribution in [-0.4, -0.2) is 33.0 Å². The molecule has 1 atom stereocenters. The van der Waals surface area contributed by atoms with Gasteiger partial charge < -0.3 is 15.3 Å². The molecule has 3 heterocycles. The molecule has 0 aliphatic carbocycles. The van der Waals surface area contributed by atoms with E-state index in [0.29, 0.717) is 0 Å². The number of imidazole rings is 2. The minimum atomic E-state index is -0.0350. The number of rotatable bonds is 7. The second-order valence-corrected chi connectivity index (χ2v) is 8.12. The molecule has 0 saturated heterocycles. The SMILES string of the molecule is C=CCCNCc1[nH]cnc1-c1ccc(C#Cc2ccc3nc([C@@H]4C#CCCN4)[nH]c3c2)cc1. The normalized spacial score (nSPS) is 14.8. The van der Waals surface area contributed by atoms with Crippen molar-refractivity contribution >= 4 is 11.0 Å². The zero-order valence-corrected chi connectivity index (χ0v) is 18.9. The zero-order valence-electron chi connectivity index (χ0n) is 18.9. The van der Waals surface area contributed by atoms with Gasteiger partial charge in [0.2, 0.25) is 0 Å². The monoisotopic (exact) mass is 446 g/mol. The molecule has 0 amide bonds. The Morgan fingerprint density at radius 2 is 2.00 bits per heavy atom. The smallest absolute Gasteiger partial charge is 0.136 e. The first-order valence-electron chi connectivity index (χ1n) is 11.5. The molecule has 2 aromatic heterocycles. The molecule has 34 heavy (non-hydrogen) atoms. The zero-order chi connectivity index (χ0) is 23.2. The Morgan fingerprint density at radius 1 is 1.15 bits per heavy atom. The quantitative estimate of drug-likeness (QED) is 0.196. The first kappa shape index (κ1) is 21.7. The van der Waals surface area contributed by atoms with E-state index in [1.54, 1.807) is 6.33 Å². The van der Waals surface area contributed by atoms with Crippen molar-refractivity contribution < 1.29 is 0 Å². The van der Waals surface area contributed by atoms with Gasteiger partial charge in [-0.3, -0.25) is 5.32 Å². The van der Waals surface area contributed by atoms with Crippen LogP contribution in [0.25, 0.3) is 22.3 Å². The van der Waals surface area contributed by atoms with Crippen molar-refractivity contribution in [1.29, 1.82) is 0 Å². The first-order valence-corrected chi connectivity index (χ1v) is 11.5. The average molecular weight is 447 g/mol. The summed E-state index contributed by atoms with van der Waals surface area (Å²) in [6, 6.07) is 14.2. The predicted molar refractivity (Wildman–Crippen MR) is 136 cm³/mol. The minimum Gasteiger partial charge on any atom is -0.347 e. The number of H-pyrrole nitrogens is 2. The predicted octanol–water partition coefficient (Wildman–Crippen LogP) is 4.06. The van der Waals surface area contributed by atoms with Crippen molar-refractivity contribution in [2.75, 3.05) is 13.1 Å². The molecule has 5 rings (SSSR count). The highest BCUT2D eigenvalue weighted by Gasteiger charge is 2.14. The van der Waals surface area contributed by atoms with Crippen LogP contribution in [0.2, 0.25) is 0 Å². The second kappa shape index (κ2) is 10.2. The molecule has 0 spiro atoms. The van der Waals surface area contributed by atoms with Gasteiger partial charge in [-0.15, -0.1) is 6.58 Å². The van der Waals surface area contributed by atoms with Crippen LogP contribution in [-0.2, 0) is 6.54 Å². The Kier molecular flexibility index (Phi) is 6.54. The van der Waals surface area contributed by atoms with Crippen LogP contribution >= 0.6 is 0 Å². The summed E-state index contributed by atoms with van der Waals surface area (Å²) in [6.07, 6.45) is 5.47. The van der Waals surface area contributed by atoms with Crippen LogP contribution in [0.15, 0.2) is 61.4 Å². The van der Waals surface area contributed by atoms with Crippen molar-refractivity contribution in [3.8, 4) is 34.9 Å². The Hall–Kier alpha value is -4.10. The average Bonchev–Trinajstić information content (AvgIpc) is 3.53. The van der Waals surface area contributed by atoms with E-state index in [1.807, 2.05) is 36.4 Å². The summed E-state index contributed by atoms with van der Waals surface area (Å²) in [5.74, 6) is 13.7. The van der Waals surface area contributed by atoms with Gasteiger partial charge in [-0.05, 0) is 43.3 Å². The van der Waals surface area contributed by atoms with Crippen LogP contribution in [0, 0.1) is 23.7 Å². The number of fused-ring (bicyclic) bond motifs is 1. The number of hydrogen-bond acceptors (Lipinski definition) is 4. The van der Waals surface area contributed by atoms with Gasteiger partial charge in [0.25, 0.3) is 0 Å². The topological polar surface area (TPSA) is 81.4 Å². The molecule has 168 valence electrons. The third-order valence-corrected chi connectivity index (χ3v) is 5.67. The summed E-state index contributed by atoms with van der Waals surface area (Å²) in [7, 11) is 0. The number of aromatic amines is 2. The fraction of sp³-hybridized carbons (Fsp3) is 0.214. The van der Waals surface area contributed by atoms with Gasteiger partial charge >= 0.3 is 0 Å². The molecule has 2 aromatic carbocycles. The van der Waals surface area contributed by atoms with Gasteiger partial charge in [-0.1, -0.05) is 41.9 Å². The van der Waals surface area contributed by atoms with Gasteiger partial charge in [-0.2, -0.15) is 0 Å². The lowest BCUT2D eigenvalue weighted by Gasteiger charge is -2.12. The number of nitrogens with one attached hydrogen (secondary N) is 4. The summed E-state index contributed by atoms with van der Waals surface area (Å²) >= 11 is 0. The van der Waals surface area contributed by atoms with Gasteiger partial charge in [0.1, 0.15) is 11.9 Å². The molecule has 0 saturated carbocycles.